The third-order valence-electron chi connectivity index (χ3n) is 4.14. The summed E-state index contributed by atoms with van der Waals surface area (Å²) < 4.78 is 0. The first-order chi connectivity index (χ1) is 10.5. The average molecular weight is 295 g/mol. The van der Waals surface area contributed by atoms with Crippen molar-refractivity contribution in [2.45, 2.75) is 33.4 Å². The number of nitrogens with zero attached hydrogens (tertiary/aromatic N) is 3. The highest BCUT2D eigenvalue weighted by Crippen LogP contribution is 2.19. The fourth-order valence-corrected chi connectivity index (χ4v) is 2.70. The Balaban J connectivity index is 1.77. The van der Waals surface area contributed by atoms with E-state index in [0.717, 1.165) is 30.8 Å². The summed E-state index contributed by atoms with van der Waals surface area (Å²) in [6.45, 7) is 6.76. The minimum atomic E-state index is -0.606. The van der Waals surface area contributed by atoms with Crippen LogP contribution in [0.1, 0.15) is 38.6 Å². The Hall–Kier alpha value is -2.27. The van der Waals surface area contributed by atoms with Gasteiger partial charge in [0.25, 0.3) is 5.91 Å². The second-order valence-electron chi connectivity index (χ2n) is 5.83. The summed E-state index contributed by atoms with van der Waals surface area (Å²) in [5, 5.41) is 0. The molecule has 113 valence electrons. The van der Waals surface area contributed by atoms with Gasteiger partial charge in [0.15, 0.2) is 0 Å². The van der Waals surface area contributed by atoms with E-state index in [1.54, 1.807) is 0 Å². The monoisotopic (exact) mass is 295 g/mol. The summed E-state index contributed by atoms with van der Waals surface area (Å²) in [6.07, 6.45) is 3.75. The van der Waals surface area contributed by atoms with Crippen LogP contribution < -0.4 is 5.73 Å². The number of hydrogen-bond donors (Lipinski definition) is 1. The number of amides is 1. The number of hydrogen-bond acceptors (Lipinski definition) is 4. The molecule has 0 spiro atoms. The van der Waals surface area contributed by atoms with Gasteiger partial charge in [-0.25, -0.2) is 9.97 Å². The van der Waals surface area contributed by atoms with Gasteiger partial charge in [-0.3, -0.25) is 9.69 Å². The first-order valence-electron chi connectivity index (χ1n) is 7.38. The minimum Gasteiger partial charge on any atom is -0.363 e. The van der Waals surface area contributed by atoms with E-state index < -0.39 is 5.91 Å². The summed E-state index contributed by atoms with van der Waals surface area (Å²) in [7, 11) is 0. The van der Waals surface area contributed by atoms with E-state index in [-0.39, 0.29) is 5.82 Å². The van der Waals surface area contributed by atoms with Crippen molar-refractivity contribution < 1.29 is 4.79 Å². The fraction of sp³-hybridized carbons (Fsp3) is 0.353. The molecule has 0 saturated heterocycles. The first-order valence-corrected chi connectivity index (χ1v) is 7.38. The molecule has 2 N–H and O–H groups in total. The Morgan fingerprint density at radius 3 is 2.91 bits per heavy atom. The molecule has 1 aliphatic heterocycles. The Morgan fingerprint density at radius 1 is 1.36 bits per heavy atom. The SMILES string of the molecule is Cc1ccc(CN2CCc3[c]nc(C(N)=O)nc3C2)cc1C. The molecule has 2 heterocycles. The Bertz CT molecular complexity index is 727. The number of aromatic nitrogens is 2. The summed E-state index contributed by atoms with van der Waals surface area (Å²) >= 11 is 0. The van der Waals surface area contributed by atoms with E-state index in [9.17, 15) is 4.79 Å². The van der Waals surface area contributed by atoms with Crippen LogP contribution in [0.15, 0.2) is 18.2 Å². The molecule has 1 amide bonds. The molecule has 5 heteroatoms. The molecular formula is C17H19N4O. The van der Waals surface area contributed by atoms with E-state index in [1.807, 2.05) is 0 Å². The second-order valence-corrected chi connectivity index (χ2v) is 5.83. The summed E-state index contributed by atoms with van der Waals surface area (Å²) in [5.74, 6) is -0.558. The average Bonchev–Trinajstić information content (AvgIpc) is 2.50. The lowest BCUT2D eigenvalue weighted by Gasteiger charge is -2.27. The van der Waals surface area contributed by atoms with Crippen molar-refractivity contribution in [3.63, 3.8) is 0 Å². The molecule has 1 radical (unpaired) electrons. The molecule has 0 fully saturated rings. The van der Waals surface area contributed by atoms with Crippen LogP contribution in [0.5, 0.6) is 0 Å². The molecule has 0 saturated carbocycles. The Morgan fingerprint density at radius 2 is 2.18 bits per heavy atom. The molecule has 1 aliphatic rings. The lowest BCUT2D eigenvalue weighted by atomic mass is 10.0. The van der Waals surface area contributed by atoms with Crippen LogP contribution in [0.4, 0.5) is 0 Å². The predicted molar refractivity (Wildman–Crippen MR) is 83.1 cm³/mol. The highest BCUT2D eigenvalue weighted by atomic mass is 16.1. The molecule has 1 aromatic carbocycles. The highest BCUT2D eigenvalue weighted by molar-refractivity contribution is 5.88. The van der Waals surface area contributed by atoms with Crippen molar-refractivity contribution in [2.75, 3.05) is 6.54 Å². The van der Waals surface area contributed by atoms with E-state index in [1.165, 1.54) is 16.7 Å². The number of carbonyl (C=O) groups is 1. The van der Waals surface area contributed by atoms with Gasteiger partial charge in [-0.05, 0) is 37.0 Å². The topological polar surface area (TPSA) is 72.1 Å². The van der Waals surface area contributed by atoms with Crippen molar-refractivity contribution >= 4 is 5.91 Å². The van der Waals surface area contributed by atoms with Crippen molar-refractivity contribution in [3.05, 3.63) is 58.2 Å². The van der Waals surface area contributed by atoms with Gasteiger partial charge >= 0.3 is 0 Å². The Labute approximate surface area is 130 Å². The van der Waals surface area contributed by atoms with Crippen molar-refractivity contribution in [3.8, 4) is 0 Å². The van der Waals surface area contributed by atoms with Gasteiger partial charge < -0.3 is 5.73 Å². The number of carbonyl (C=O) groups excluding carboxylic acids is 1. The molecular weight excluding hydrogens is 276 g/mol. The van der Waals surface area contributed by atoms with Crippen LogP contribution in [0.2, 0.25) is 0 Å². The first kappa shape index (κ1) is 14.7. The molecule has 0 unspecified atom stereocenters. The standard InChI is InChI=1S/C17H19N4O/c1-11-3-4-13(7-12(11)2)9-21-6-5-14-8-19-17(16(18)22)20-15(14)10-21/h3-4,7H,5-6,9-10H2,1-2H3,(H2,18,22). The second kappa shape index (κ2) is 5.85. The van der Waals surface area contributed by atoms with Crippen molar-refractivity contribution in [1.29, 1.82) is 0 Å². The Kier molecular flexibility index (Phi) is 3.90. The molecule has 2 aromatic rings. The molecule has 1 aromatic heterocycles. The van der Waals surface area contributed by atoms with E-state index in [2.05, 4.69) is 53.1 Å². The third-order valence-corrected chi connectivity index (χ3v) is 4.14. The zero-order chi connectivity index (χ0) is 15.7. The number of fused-ring (bicyclic) bond motifs is 1. The zero-order valence-electron chi connectivity index (χ0n) is 12.9. The van der Waals surface area contributed by atoms with Gasteiger partial charge in [-0.15, -0.1) is 0 Å². The van der Waals surface area contributed by atoms with Gasteiger partial charge in [-0.2, -0.15) is 0 Å². The quantitative estimate of drug-likeness (QED) is 0.932. The van der Waals surface area contributed by atoms with Gasteiger partial charge in [0.1, 0.15) is 0 Å². The normalized spacial score (nSPS) is 14.6. The lowest BCUT2D eigenvalue weighted by Crippen LogP contribution is -2.32. The van der Waals surface area contributed by atoms with Crippen LogP contribution in [-0.2, 0) is 19.5 Å². The summed E-state index contributed by atoms with van der Waals surface area (Å²) in [6, 6.07) is 6.55. The third kappa shape index (κ3) is 2.99. The number of primary amides is 1. The molecule has 0 atom stereocenters. The highest BCUT2D eigenvalue weighted by Gasteiger charge is 2.20. The van der Waals surface area contributed by atoms with Gasteiger partial charge in [-0.1, -0.05) is 18.2 Å². The van der Waals surface area contributed by atoms with Crippen LogP contribution in [0, 0.1) is 20.0 Å². The lowest BCUT2D eigenvalue weighted by molar-refractivity contribution is 0.0989. The van der Waals surface area contributed by atoms with Gasteiger partial charge in [0.05, 0.1) is 11.9 Å². The summed E-state index contributed by atoms with van der Waals surface area (Å²) in [4.78, 5) is 21.7. The molecule has 0 bridgehead atoms. The van der Waals surface area contributed by atoms with Gasteiger partial charge in [0, 0.05) is 25.2 Å². The number of aryl methyl sites for hydroxylation is 2. The smallest absolute Gasteiger partial charge is 0.286 e. The van der Waals surface area contributed by atoms with Crippen LogP contribution >= 0.6 is 0 Å². The molecule has 22 heavy (non-hydrogen) atoms. The summed E-state index contributed by atoms with van der Waals surface area (Å²) in [5.41, 5.74) is 11.0. The van der Waals surface area contributed by atoms with Crippen LogP contribution in [0.25, 0.3) is 0 Å². The zero-order valence-corrected chi connectivity index (χ0v) is 12.9. The van der Waals surface area contributed by atoms with E-state index in [4.69, 9.17) is 5.73 Å². The minimum absolute atomic E-state index is 0.0479. The predicted octanol–water partition coefficient (Wildman–Crippen LogP) is 1.55. The van der Waals surface area contributed by atoms with Crippen molar-refractivity contribution in [2.24, 2.45) is 5.73 Å². The van der Waals surface area contributed by atoms with E-state index >= 15 is 0 Å². The number of benzene rings is 1. The number of rotatable bonds is 3. The van der Waals surface area contributed by atoms with E-state index in [0.29, 0.717) is 6.54 Å². The molecule has 5 nitrogen and oxygen atoms in total. The number of nitrogens with two attached hydrogens (primary N) is 1. The molecule has 0 aliphatic carbocycles. The maximum atomic E-state index is 11.2. The fourth-order valence-electron chi connectivity index (χ4n) is 2.70. The largest absolute Gasteiger partial charge is 0.363 e. The van der Waals surface area contributed by atoms with Crippen molar-refractivity contribution in [1.82, 2.24) is 14.9 Å². The molecule has 3 rings (SSSR count). The van der Waals surface area contributed by atoms with Gasteiger partial charge in [0.2, 0.25) is 5.82 Å². The maximum absolute atomic E-state index is 11.2. The van der Waals surface area contributed by atoms with Crippen LogP contribution in [0.3, 0.4) is 0 Å². The maximum Gasteiger partial charge on any atom is 0.286 e. The van der Waals surface area contributed by atoms with Crippen LogP contribution in [-0.4, -0.2) is 27.3 Å².